The maximum absolute atomic E-state index is 12.5. The van der Waals surface area contributed by atoms with Gasteiger partial charge in [-0.05, 0) is 46.8 Å². The van der Waals surface area contributed by atoms with Crippen LogP contribution in [-0.2, 0) is 13.1 Å². The molecule has 0 bridgehead atoms. The van der Waals surface area contributed by atoms with Crippen LogP contribution in [0.25, 0.3) is 21.9 Å². The Hall–Kier alpha value is -3.86. The molecule has 0 fully saturated rings. The number of aromatic amines is 1. The van der Waals surface area contributed by atoms with Gasteiger partial charge in [0.05, 0.1) is 17.4 Å². The van der Waals surface area contributed by atoms with Gasteiger partial charge in [-0.1, -0.05) is 42.5 Å². The van der Waals surface area contributed by atoms with E-state index in [0.29, 0.717) is 12.1 Å². The Balaban J connectivity index is 1.29. The fourth-order valence-electron chi connectivity index (χ4n) is 3.64. The van der Waals surface area contributed by atoms with Crippen molar-refractivity contribution in [3.8, 4) is 0 Å². The number of benzene rings is 3. The number of aromatic nitrogens is 3. The van der Waals surface area contributed by atoms with Crippen molar-refractivity contribution in [3.63, 3.8) is 0 Å². The van der Waals surface area contributed by atoms with Crippen molar-refractivity contribution in [1.82, 2.24) is 19.9 Å². The zero-order valence-corrected chi connectivity index (χ0v) is 15.8. The maximum Gasteiger partial charge on any atom is 0.251 e. The molecular weight excluding hydrogens is 360 g/mol. The average Bonchev–Trinajstić information content (AvgIpc) is 3.39. The molecule has 5 nitrogen and oxygen atoms in total. The predicted molar refractivity (Wildman–Crippen MR) is 115 cm³/mol. The van der Waals surface area contributed by atoms with Gasteiger partial charge in [-0.15, -0.1) is 0 Å². The molecule has 0 atom stereocenters. The highest BCUT2D eigenvalue weighted by atomic mass is 16.1. The van der Waals surface area contributed by atoms with Crippen molar-refractivity contribution in [1.29, 1.82) is 0 Å². The van der Waals surface area contributed by atoms with Crippen LogP contribution >= 0.6 is 0 Å². The fraction of sp³-hybridized carbons (Fsp3) is 0.0833. The van der Waals surface area contributed by atoms with Gasteiger partial charge in [-0.25, -0.2) is 4.98 Å². The summed E-state index contributed by atoms with van der Waals surface area (Å²) in [4.78, 5) is 20.1. The summed E-state index contributed by atoms with van der Waals surface area (Å²) in [6.07, 6.45) is 3.75. The second-order valence-corrected chi connectivity index (χ2v) is 7.14. The third-order valence-corrected chi connectivity index (χ3v) is 5.14. The van der Waals surface area contributed by atoms with E-state index in [-0.39, 0.29) is 5.91 Å². The Morgan fingerprint density at radius 2 is 1.86 bits per heavy atom. The molecule has 2 heterocycles. The topological polar surface area (TPSA) is 62.7 Å². The van der Waals surface area contributed by atoms with Gasteiger partial charge in [0.1, 0.15) is 0 Å². The predicted octanol–water partition coefficient (Wildman–Crippen LogP) is 4.50. The Kier molecular flexibility index (Phi) is 4.33. The molecule has 0 aliphatic heterocycles. The van der Waals surface area contributed by atoms with Gasteiger partial charge >= 0.3 is 0 Å². The van der Waals surface area contributed by atoms with Gasteiger partial charge in [0, 0.05) is 30.4 Å². The lowest BCUT2D eigenvalue weighted by Gasteiger charge is -2.09. The highest BCUT2D eigenvalue weighted by Gasteiger charge is 2.08. The molecule has 0 aliphatic carbocycles. The van der Waals surface area contributed by atoms with Gasteiger partial charge in [0.15, 0.2) is 0 Å². The van der Waals surface area contributed by atoms with E-state index in [1.54, 1.807) is 0 Å². The molecule has 0 saturated heterocycles. The Labute approximate surface area is 168 Å². The molecule has 5 heteroatoms. The van der Waals surface area contributed by atoms with Crippen LogP contribution in [0.1, 0.15) is 21.5 Å². The second-order valence-electron chi connectivity index (χ2n) is 7.14. The fourth-order valence-corrected chi connectivity index (χ4v) is 3.64. The van der Waals surface area contributed by atoms with Gasteiger partial charge in [0.2, 0.25) is 0 Å². The number of nitrogens with zero attached hydrogens (tertiary/aromatic N) is 2. The lowest BCUT2D eigenvalue weighted by Crippen LogP contribution is -2.22. The SMILES string of the molecule is O=C(NCc1cccc(Cn2cnc3ccccc32)c1)c1ccc2cc[nH]c2c1. The average molecular weight is 380 g/mol. The normalized spacial score (nSPS) is 11.2. The third-order valence-electron chi connectivity index (χ3n) is 5.14. The molecule has 0 aliphatic rings. The molecule has 1 amide bonds. The van der Waals surface area contributed by atoms with Crippen molar-refractivity contribution in [2.45, 2.75) is 13.1 Å². The van der Waals surface area contributed by atoms with Crippen LogP contribution in [0, 0.1) is 0 Å². The van der Waals surface area contributed by atoms with Crippen molar-refractivity contribution < 1.29 is 4.79 Å². The number of amides is 1. The number of nitrogens with one attached hydrogen (secondary N) is 2. The molecule has 5 aromatic rings. The van der Waals surface area contributed by atoms with E-state index in [4.69, 9.17) is 0 Å². The van der Waals surface area contributed by atoms with Gasteiger partial charge in [-0.3, -0.25) is 4.79 Å². The van der Waals surface area contributed by atoms with Gasteiger partial charge in [-0.2, -0.15) is 0 Å². The number of carbonyl (C=O) groups is 1. The molecule has 0 saturated carbocycles. The molecule has 142 valence electrons. The molecule has 5 rings (SSSR count). The van der Waals surface area contributed by atoms with Crippen molar-refractivity contribution in [2.75, 3.05) is 0 Å². The lowest BCUT2D eigenvalue weighted by atomic mass is 10.1. The monoisotopic (exact) mass is 380 g/mol. The van der Waals surface area contributed by atoms with E-state index in [9.17, 15) is 4.79 Å². The Morgan fingerprint density at radius 3 is 2.83 bits per heavy atom. The molecule has 0 radical (unpaired) electrons. The molecule has 0 spiro atoms. The van der Waals surface area contributed by atoms with Gasteiger partial charge < -0.3 is 14.9 Å². The number of carbonyl (C=O) groups excluding carboxylic acids is 1. The van der Waals surface area contributed by atoms with E-state index < -0.39 is 0 Å². The van der Waals surface area contributed by atoms with Gasteiger partial charge in [0.25, 0.3) is 5.91 Å². The standard InChI is InChI=1S/C24H20N4O/c29-24(20-9-8-19-10-11-25-22(19)13-20)26-14-17-4-3-5-18(12-17)15-28-16-27-21-6-1-2-7-23(21)28/h1-13,16,25H,14-15H2,(H,26,29). The zero-order valence-electron chi connectivity index (χ0n) is 15.8. The highest BCUT2D eigenvalue weighted by Crippen LogP contribution is 2.16. The maximum atomic E-state index is 12.5. The first-order valence-electron chi connectivity index (χ1n) is 9.59. The van der Waals surface area contributed by atoms with Crippen LogP contribution in [0.4, 0.5) is 0 Å². The highest BCUT2D eigenvalue weighted by molar-refractivity contribution is 5.97. The van der Waals surface area contributed by atoms with Crippen LogP contribution in [0.15, 0.2) is 85.3 Å². The van der Waals surface area contributed by atoms with Crippen LogP contribution in [0.2, 0.25) is 0 Å². The van der Waals surface area contributed by atoms with Crippen molar-refractivity contribution >= 4 is 27.8 Å². The van der Waals surface area contributed by atoms with Crippen LogP contribution in [0.3, 0.4) is 0 Å². The summed E-state index contributed by atoms with van der Waals surface area (Å²) < 4.78 is 2.14. The smallest absolute Gasteiger partial charge is 0.251 e. The van der Waals surface area contributed by atoms with Crippen LogP contribution in [0.5, 0.6) is 0 Å². The first-order valence-corrected chi connectivity index (χ1v) is 9.59. The summed E-state index contributed by atoms with van der Waals surface area (Å²) in [5.74, 6) is -0.0764. The Morgan fingerprint density at radius 1 is 0.966 bits per heavy atom. The minimum absolute atomic E-state index is 0.0764. The summed E-state index contributed by atoms with van der Waals surface area (Å²) in [6.45, 7) is 1.23. The first-order chi connectivity index (χ1) is 14.3. The number of H-pyrrole nitrogens is 1. The summed E-state index contributed by atoms with van der Waals surface area (Å²) in [5, 5.41) is 4.11. The summed E-state index contributed by atoms with van der Waals surface area (Å²) in [5.41, 5.74) is 5.97. The zero-order chi connectivity index (χ0) is 19.6. The molecule has 2 aromatic heterocycles. The van der Waals surface area contributed by atoms with Crippen LogP contribution in [-0.4, -0.2) is 20.4 Å². The number of hydrogen-bond acceptors (Lipinski definition) is 2. The number of fused-ring (bicyclic) bond motifs is 2. The van der Waals surface area contributed by atoms with Crippen molar-refractivity contribution in [3.05, 3.63) is 102 Å². The largest absolute Gasteiger partial charge is 0.361 e. The molecule has 3 aromatic carbocycles. The molecule has 0 unspecified atom stereocenters. The Bertz CT molecular complexity index is 1310. The number of imidazole rings is 1. The van der Waals surface area contributed by atoms with Crippen LogP contribution < -0.4 is 5.32 Å². The lowest BCUT2D eigenvalue weighted by molar-refractivity contribution is 0.0951. The van der Waals surface area contributed by atoms with E-state index in [0.717, 1.165) is 34.0 Å². The third kappa shape index (κ3) is 3.50. The first kappa shape index (κ1) is 17.3. The molecule has 2 N–H and O–H groups in total. The van der Waals surface area contributed by atoms with E-state index in [1.807, 2.05) is 67.1 Å². The number of para-hydroxylation sites is 2. The minimum atomic E-state index is -0.0764. The van der Waals surface area contributed by atoms with E-state index in [2.05, 4.69) is 38.1 Å². The number of rotatable bonds is 5. The second kappa shape index (κ2) is 7.28. The number of hydrogen-bond donors (Lipinski definition) is 2. The van der Waals surface area contributed by atoms with E-state index in [1.165, 1.54) is 5.56 Å². The quantitative estimate of drug-likeness (QED) is 0.472. The molecule has 29 heavy (non-hydrogen) atoms. The van der Waals surface area contributed by atoms with Crippen molar-refractivity contribution in [2.24, 2.45) is 0 Å². The summed E-state index contributed by atoms with van der Waals surface area (Å²) in [6, 6.07) is 24.1. The molecular formula is C24H20N4O. The summed E-state index contributed by atoms with van der Waals surface area (Å²) >= 11 is 0. The van der Waals surface area contributed by atoms with E-state index >= 15 is 0 Å². The minimum Gasteiger partial charge on any atom is -0.361 e. The summed E-state index contributed by atoms with van der Waals surface area (Å²) in [7, 11) is 0.